The Hall–Kier alpha value is -1.84. The van der Waals surface area contributed by atoms with Crippen molar-refractivity contribution in [2.24, 2.45) is 5.92 Å². The topological polar surface area (TPSA) is 66.4 Å². The van der Waals surface area contributed by atoms with Gasteiger partial charge in [0, 0.05) is 11.6 Å². The van der Waals surface area contributed by atoms with E-state index in [1.807, 2.05) is 12.1 Å². The SMILES string of the molecule is CCc1ccc(C(=O)N[C@@H]2CCC[C@@H]2C(=O)O)cc1. The highest BCUT2D eigenvalue weighted by atomic mass is 16.4. The van der Waals surface area contributed by atoms with Gasteiger partial charge in [-0.15, -0.1) is 0 Å². The third-order valence-corrected chi connectivity index (χ3v) is 3.77. The van der Waals surface area contributed by atoms with Crippen LogP contribution < -0.4 is 5.32 Å². The first-order valence-corrected chi connectivity index (χ1v) is 6.74. The molecule has 2 rings (SSSR count). The van der Waals surface area contributed by atoms with Crippen LogP contribution in [0.4, 0.5) is 0 Å². The number of aryl methyl sites for hydroxylation is 1. The van der Waals surface area contributed by atoms with Crippen LogP contribution in [-0.4, -0.2) is 23.0 Å². The van der Waals surface area contributed by atoms with E-state index in [0.717, 1.165) is 19.3 Å². The number of benzene rings is 1. The van der Waals surface area contributed by atoms with Gasteiger partial charge in [-0.3, -0.25) is 9.59 Å². The minimum absolute atomic E-state index is 0.180. The number of amides is 1. The maximum Gasteiger partial charge on any atom is 0.308 e. The van der Waals surface area contributed by atoms with Crippen LogP contribution in [-0.2, 0) is 11.2 Å². The third-order valence-electron chi connectivity index (χ3n) is 3.77. The maximum absolute atomic E-state index is 12.1. The van der Waals surface area contributed by atoms with E-state index in [0.29, 0.717) is 12.0 Å². The van der Waals surface area contributed by atoms with Crippen molar-refractivity contribution in [3.8, 4) is 0 Å². The number of carboxylic acids is 1. The van der Waals surface area contributed by atoms with Crippen molar-refractivity contribution < 1.29 is 14.7 Å². The van der Waals surface area contributed by atoms with Crippen LogP contribution in [0.5, 0.6) is 0 Å². The van der Waals surface area contributed by atoms with Crippen molar-refractivity contribution in [3.63, 3.8) is 0 Å². The first-order valence-electron chi connectivity index (χ1n) is 6.74. The average Bonchev–Trinajstić information content (AvgIpc) is 2.87. The standard InChI is InChI=1S/C15H19NO3/c1-2-10-6-8-11(9-7-10)14(17)16-13-5-3-4-12(13)15(18)19/h6-9,12-13H,2-5H2,1H3,(H,16,17)(H,18,19)/t12-,13+/m0/s1. The first-order chi connectivity index (χ1) is 9.11. The maximum atomic E-state index is 12.1. The van der Waals surface area contributed by atoms with Crippen LogP contribution in [0.3, 0.4) is 0 Å². The van der Waals surface area contributed by atoms with Gasteiger partial charge < -0.3 is 10.4 Å². The first kappa shape index (κ1) is 13.6. The average molecular weight is 261 g/mol. The zero-order chi connectivity index (χ0) is 13.8. The Morgan fingerprint density at radius 1 is 1.26 bits per heavy atom. The molecule has 4 nitrogen and oxygen atoms in total. The van der Waals surface area contributed by atoms with Crippen molar-refractivity contribution in [1.29, 1.82) is 0 Å². The summed E-state index contributed by atoms with van der Waals surface area (Å²) in [6.07, 6.45) is 3.19. The van der Waals surface area contributed by atoms with Gasteiger partial charge in [-0.25, -0.2) is 0 Å². The van der Waals surface area contributed by atoms with Crippen LogP contribution in [0.25, 0.3) is 0 Å². The molecule has 0 bridgehead atoms. The zero-order valence-corrected chi connectivity index (χ0v) is 11.1. The molecule has 1 saturated carbocycles. The Balaban J connectivity index is 2.01. The number of carboxylic acid groups (broad SMARTS) is 1. The highest BCUT2D eigenvalue weighted by Gasteiger charge is 2.33. The fourth-order valence-corrected chi connectivity index (χ4v) is 2.57. The van der Waals surface area contributed by atoms with Gasteiger partial charge in [-0.05, 0) is 37.0 Å². The Morgan fingerprint density at radius 3 is 2.53 bits per heavy atom. The van der Waals surface area contributed by atoms with Crippen LogP contribution in [0.15, 0.2) is 24.3 Å². The Labute approximate surface area is 112 Å². The van der Waals surface area contributed by atoms with Crippen LogP contribution >= 0.6 is 0 Å². The summed E-state index contributed by atoms with van der Waals surface area (Å²) in [6, 6.07) is 7.20. The van der Waals surface area contributed by atoms with Crippen molar-refractivity contribution >= 4 is 11.9 Å². The van der Waals surface area contributed by atoms with E-state index in [4.69, 9.17) is 5.11 Å². The smallest absolute Gasteiger partial charge is 0.308 e. The summed E-state index contributed by atoms with van der Waals surface area (Å²) < 4.78 is 0. The fourth-order valence-electron chi connectivity index (χ4n) is 2.57. The molecule has 1 aliphatic rings. The summed E-state index contributed by atoms with van der Waals surface area (Å²) in [5, 5.41) is 11.9. The molecule has 2 N–H and O–H groups in total. The minimum Gasteiger partial charge on any atom is -0.481 e. The summed E-state index contributed by atoms with van der Waals surface area (Å²) in [7, 11) is 0. The van der Waals surface area contributed by atoms with Crippen molar-refractivity contribution in [3.05, 3.63) is 35.4 Å². The fraction of sp³-hybridized carbons (Fsp3) is 0.467. The molecule has 1 aromatic rings. The van der Waals surface area contributed by atoms with Crippen LogP contribution in [0, 0.1) is 5.92 Å². The van der Waals surface area contributed by atoms with Gasteiger partial charge in [0.05, 0.1) is 5.92 Å². The minimum atomic E-state index is -0.816. The predicted molar refractivity (Wildman–Crippen MR) is 72.1 cm³/mol. The highest BCUT2D eigenvalue weighted by molar-refractivity contribution is 5.94. The molecule has 102 valence electrons. The summed E-state index contributed by atoms with van der Waals surface area (Å²) in [5.74, 6) is -1.44. The number of rotatable bonds is 4. The molecule has 0 aromatic heterocycles. The van der Waals surface area contributed by atoms with Crippen LogP contribution in [0.1, 0.15) is 42.1 Å². The molecule has 0 spiro atoms. The normalized spacial score (nSPS) is 22.2. The van der Waals surface area contributed by atoms with E-state index in [1.165, 1.54) is 5.56 Å². The molecule has 0 unspecified atom stereocenters. The lowest BCUT2D eigenvalue weighted by Gasteiger charge is -2.17. The number of hydrogen-bond donors (Lipinski definition) is 2. The number of carbonyl (C=O) groups excluding carboxylic acids is 1. The largest absolute Gasteiger partial charge is 0.481 e. The van der Waals surface area contributed by atoms with E-state index in [1.54, 1.807) is 12.1 Å². The zero-order valence-electron chi connectivity index (χ0n) is 11.1. The number of hydrogen-bond acceptors (Lipinski definition) is 2. The van der Waals surface area contributed by atoms with Gasteiger partial charge in [0.15, 0.2) is 0 Å². The number of carbonyl (C=O) groups is 2. The van der Waals surface area contributed by atoms with Crippen molar-refractivity contribution in [2.45, 2.75) is 38.6 Å². The van der Waals surface area contributed by atoms with Crippen molar-refractivity contribution in [2.75, 3.05) is 0 Å². The molecule has 1 aliphatic carbocycles. The Morgan fingerprint density at radius 2 is 1.95 bits per heavy atom. The second-order valence-corrected chi connectivity index (χ2v) is 5.01. The molecule has 0 aliphatic heterocycles. The summed E-state index contributed by atoms with van der Waals surface area (Å²) in [4.78, 5) is 23.1. The Bertz CT molecular complexity index is 467. The monoisotopic (exact) mass is 261 g/mol. The van der Waals surface area contributed by atoms with Gasteiger partial charge in [-0.2, -0.15) is 0 Å². The molecular weight excluding hydrogens is 242 g/mol. The molecule has 0 radical (unpaired) electrons. The lowest BCUT2D eigenvalue weighted by molar-refractivity contribution is -0.142. The van der Waals surface area contributed by atoms with Gasteiger partial charge in [0.2, 0.25) is 0 Å². The van der Waals surface area contributed by atoms with Gasteiger partial charge in [-0.1, -0.05) is 25.5 Å². The van der Waals surface area contributed by atoms with Crippen LogP contribution in [0.2, 0.25) is 0 Å². The summed E-state index contributed by atoms with van der Waals surface area (Å²) in [6.45, 7) is 2.06. The Kier molecular flexibility index (Phi) is 4.20. The lowest BCUT2D eigenvalue weighted by atomic mass is 10.0. The quantitative estimate of drug-likeness (QED) is 0.873. The second kappa shape index (κ2) is 5.87. The third kappa shape index (κ3) is 3.13. The molecule has 19 heavy (non-hydrogen) atoms. The van der Waals surface area contributed by atoms with E-state index in [2.05, 4.69) is 12.2 Å². The predicted octanol–water partition coefficient (Wildman–Crippen LogP) is 2.23. The van der Waals surface area contributed by atoms with Crippen molar-refractivity contribution in [1.82, 2.24) is 5.32 Å². The van der Waals surface area contributed by atoms with Gasteiger partial charge in [0.1, 0.15) is 0 Å². The van der Waals surface area contributed by atoms with E-state index in [-0.39, 0.29) is 11.9 Å². The molecule has 4 heteroatoms. The lowest BCUT2D eigenvalue weighted by Crippen LogP contribution is -2.40. The molecular formula is C15H19NO3. The molecule has 0 saturated heterocycles. The molecule has 1 amide bonds. The number of nitrogens with one attached hydrogen (secondary N) is 1. The summed E-state index contributed by atoms with van der Waals surface area (Å²) in [5.41, 5.74) is 1.77. The number of aliphatic carboxylic acids is 1. The summed E-state index contributed by atoms with van der Waals surface area (Å²) >= 11 is 0. The van der Waals surface area contributed by atoms with E-state index < -0.39 is 11.9 Å². The van der Waals surface area contributed by atoms with E-state index >= 15 is 0 Å². The molecule has 0 heterocycles. The molecule has 1 aromatic carbocycles. The van der Waals surface area contributed by atoms with Gasteiger partial charge in [0.25, 0.3) is 5.91 Å². The molecule has 1 fully saturated rings. The van der Waals surface area contributed by atoms with Gasteiger partial charge >= 0.3 is 5.97 Å². The molecule has 2 atom stereocenters. The van der Waals surface area contributed by atoms with E-state index in [9.17, 15) is 9.59 Å². The second-order valence-electron chi connectivity index (χ2n) is 5.01. The highest BCUT2D eigenvalue weighted by Crippen LogP contribution is 2.26.